The van der Waals surface area contributed by atoms with E-state index in [4.69, 9.17) is 18.9 Å². The van der Waals surface area contributed by atoms with Gasteiger partial charge in [0.15, 0.2) is 6.10 Å². The molecule has 4 fully saturated rings. The van der Waals surface area contributed by atoms with Crippen LogP contribution in [0.5, 0.6) is 5.75 Å². The summed E-state index contributed by atoms with van der Waals surface area (Å²) in [5.74, 6) is 0.246. The van der Waals surface area contributed by atoms with E-state index >= 15 is 0 Å². The van der Waals surface area contributed by atoms with Gasteiger partial charge in [0.1, 0.15) is 5.75 Å². The van der Waals surface area contributed by atoms with Gasteiger partial charge in [-0.1, -0.05) is 12.1 Å². The maximum absolute atomic E-state index is 12.5. The van der Waals surface area contributed by atoms with Crippen molar-refractivity contribution in [1.29, 1.82) is 0 Å². The summed E-state index contributed by atoms with van der Waals surface area (Å²) in [6, 6.07) is 4.53. The molecule has 1 aromatic carbocycles. The normalized spacial score (nSPS) is 43.1. The van der Waals surface area contributed by atoms with Gasteiger partial charge >= 0.3 is 0 Å². The molecule has 2 spiro atoms. The van der Waals surface area contributed by atoms with E-state index in [2.05, 4.69) is 24.0 Å². The molecule has 0 amide bonds. The van der Waals surface area contributed by atoms with Crippen LogP contribution in [-0.2, 0) is 26.0 Å². The zero-order valence-corrected chi connectivity index (χ0v) is 17.7. The molecule has 7 rings (SSSR count). The second kappa shape index (κ2) is 5.99. The van der Waals surface area contributed by atoms with Crippen LogP contribution in [0.25, 0.3) is 0 Å². The largest absolute Gasteiger partial charge is 0.483 e. The molecule has 4 heterocycles. The maximum atomic E-state index is 12.5. The van der Waals surface area contributed by atoms with E-state index in [0.717, 1.165) is 56.7 Å². The van der Waals surface area contributed by atoms with Gasteiger partial charge < -0.3 is 24.1 Å². The molecule has 162 valence electrons. The Bertz CT molecular complexity index is 892. The Morgan fingerprint density at radius 2 is 2.00 bits per heavy atom. The molecule has 0 aromatic heterocycles. The van der Waals surface area contributed by atoms with Crippen LogP contribution in [0, 0.1) is 6.92 Å². The summed E-state index contributed by atoms with van der Waals surface area (Å²) >= 11 is 0. The molecule has 0 radical (unpaired) electrons. The van der Waals surface area contributed by atoms with Crippen molar-refractivity contribution in [3.05, 3.63) is 28.8 Å². The minimum Gasteiger partial charge on any atom is -0.483 e. The molecule has 2 aliphatic carbocycles. The second-order valence-corrected chi connectivity index (χ2v) is 10.2. The van der Waals surface area contributed by atoms with Gasteiger partial charge in [-0.3, -0.25) is 4.90 Å². The molecule has 2 bridgehead atoms. The number of nitrogens with zero attached hydrogens (tertiary/aromatic N) is 1. The van der Waals surface area contributed by atoms with Crippen LogP contribution >= 0.6 is 0 Å². The number of likely N-dealkylation sites (tertiary alicyclic amines) is 1. The lowest BCUT2D eigenvalue weighted by Crippen LogP contribution is -2.79. The van der Waals surface area contributed by atoms with E-state index in [1.54, 1.807) is 0 Å². The molecule has 3 saturated heterocycles. The molecular formula is C24H31NO5. The first-order valence-electron chi connectivity index (χ1n) is 11.7. The zero-order chi connectivity index (χ0) is 20.1. The standard InChI is InChI=1S/C24H31NO5/c1-15-4-5-16-13-18-23(26)6-7-24(28-11-12-29-24)21-22(23,19(16)20(15)30-21)8-9-25(18)14-17-3-2-10-27-17/h4-5,17-18,21,26H,2-3,6-14H2,1H3/t17?,18-,21?,22+,23?/m1/s1. The lowest BCUT2D eigenvalue weighted by atomic mass is 9.48. The highest BCUT2D eigenvalue weighted by Gasteiger charge is 2.77. The van der Waals surface area contributed by atoms with Crippen LogP contribution in [0.1, 0.15) is 48.8 Å². The summed E-state index contributed by atoms with van der Waals surface area (Å²) in [4.78, 5) is 2.52. The Morgan fingerprint density at radius 1 is 1.13 bits per heavy atom. The van der Waals surface area contributed by atoms with Crippen molar-refractivity contribution in [1.82, 2.24) is 4.90 Å². The van der Waals surface area contributed by atoms with E-state index in [1.165, 1.54) is 11.1 Å². The Labute approximate surface area is 177 Å². The van der Waals surface area contributed by atoms with Gasteiger partial charge in [0, 0.05) is 31.2 Å². The average Bonchev–Trinajstić information content (AvgIpc) is 3.47. The Morgan fingerprint density at radius 3 is 2.80 bits per heavy atom. The molecular weight excluding hydrogens is 382 g/mol. The Hall–Kier alpha value is -1.18. The maximum Gasteiger partial charge on any atom is 0.207 e. The molecule has 6 heteroatoms. The fourth-order valence-corrected chi connectivity index (χ4v) is 7.77. The third-order valence-corrected chi connectivity index (χ3v) is 9.03. The van der Waals surface area contributed by atoms with E-state index < -0.39 is 16.8 Å². The highest BCUT2D eigenvalue weighted by Crippen LogP contribution is 2.67. The third kappa shape index (κ3) is 2.03. The van der Waals surface area contributed by atoms with Crippen molar-refractivity contribution in [3.8, 4) is 5.75 Å². The number of rotatable bonds is 2. The summed E-state index contributed by atoms with van der Waals surface area (Å²) in [6.07, 6.45) is 5.40. The van der Waals surface area contributed by atoms with E-state index in [9.17, 15) is 5.11 Å². The van der Waals surface area contributed by atoms with Gasteiger partial charge in [-0.15, -0.1) is 0 Å². The van der Waals surface area contributed by atoms with Gasteiger partial charge in [-0.05, 0) is 56.7 Å². The first-order valence-corrected chi connectivity index (χ1v) is 11.7. The van der Waals surface area contributed by atoms with Crippen molar-refractivity contribution in [2.24, 2.45) is 0 Å². The van der Waals surface area contributed by atoms with Crippen LogP contribution < -0.4 is 4.74 Å². The Balaban J connectivity index is 1.38. The van der Waals surface area contributed by atoms with E-state index in [1.807, 2.05) is 0 Å². The lowest BCUT2D eigenvalue weighted by molar-refractivity contribution is -0.297. The van der Waals surface area contributed by atoms with Crippen LogP contribution in [0.2, 0.25) is 0 Å². The van der Waals surface area contributed by atoms with Crippen LogP contribution in [0.3, 0.4) is 0 Å². The van der Waals surface area contributed by atoms with Gasteiger partial charge in [0.05, 0.1) is 30.3 Å². The number of ether oxygens (including phenoxy) is 4. The molecule has 4 aliphatic heterocycles. The number of aryl methyl sites for hydroxylation is 1. The zero-order valence-electron chi connectivity index (χ0n) is 17.7. The summed E-state index contributed by atoms with van der Waals surface area (Å²) in [5.41, 5.74) is 2.44. The van der Waals surface area contributed by atoms with E-state index in [0.29, 0.717) is 32.2 Å². The molecule has 1 saturated carbocycles. The minimum atomic E-state index is -0.832. The molecule has 3 unspecified atom stereocenters. The Kier molecular flexibility index (Phi) is 3.67. The highest BCUT2D eigenvalue weighted by atomic mass is 16.8. The minimum absolute atomic E-state index is 0.0847. The molecule has 1 aromatic rings. The highest BCUT2D eigenvalue weighted by molar-refractivity contribution is 5.60. The fraction of sp³-hybridized carbons (Fsp3) is 0.750. The first-order chi connectivity index (χ1) is 14.6. The summed E-state index contributed by atoms with van der Waals surface area (Å²) < 4.78 is 25.2. The number of aliphatic hydroxyl groups is 1. The molecule has 1 N–H and O–H groups in total. The van der Waals surface area contributed by atoms with Gasteiger partial charge in [-0.25, -0.2) is 0 Å². The SMILES string of the molecule is Cc1ccc2c3c1OC1C4(CCC5(O)[C@@H](C2)N(CC2CCCO2)CC[C@]315)OCCO4. The van der Waals surface area contributed by atoms with Gasteiger partial charge in [-0.2, -0.15) is 0 Å². The van der Waals surface area contributed by atoms with Gasteiger partial charge in [0.25, 0.3) is 0 Å². The number of piperidine rings is 1. The number of benzene rings is 1. The van der Waals surface area contributed by atoms with Gasteiger partial charge in [0.2, 0.25) is 5.79 Å². The third-order valence-electron chi connectivity index (χ3n) is 9.03. The van der Waals surface area contributed by atoms with Crippen molar-refractivity contribution < 1.29 is 24.1 Å². The molecule has 5 atom stereocenters. The fourth-order valence-electron chi connectivity index (χ4n) is 7.77. The number of hydrogen-bond donors (Lipinski definition) is 1. The van der Waals surface area contributed by atoms with Crippen LogP contribution in [0.4, 0.5) is 0 Å². The molecule has 6 aliphatic rings. The molecule has 30 heavy (non-hydrogen) atoms. The van der Waals surface area contributed by atoms with E-state index in [-0.39, 0.29) is 12.1 Å². The van der Waals surface area contributed by atoms with Crippen LogP contribution in [-0.4, -0.2) is 72.6 Å². The summed E-state index contributed by atoms with van der Waals surface area (Å²) in [7, 11) is 0. The number of hydrogen-bond acceptors (Lipinski definition) is 6. The predicted molar refractivity (Wildman–Crippen MR) is 109 cm³/mol. The van der Waals surface area contributed by atoms with Crippen molar-refractivity contribution >= 4 is 0 Å². The monoisotopic (exact) mass is 413 g/mol. The van der Waals surface area contributed by atoms with Crippen molar-refractivity contribution in [3.63, 3.8) is 0 Å². The second-order valence-electron chi connectivity index (χ2n) is 10.2. The number of fused-ring (bicyclic) bond motifs is 1. The topological polar surface area (TPSA) is 60.4 Å². The quantitative estimate of drug-likeness (QED) is 0.801. The van der Waals surface area contributed by atoms with Crippen molar-refractivity contribution in [2.45, 2.75) is 80.5 Å². The van der Waals surface area contributed by atoms with Crippen LogP contribution in [0.15, 0.2) is 12.1 Å². The first kappa shape index (κ1) is 18.4. The molecule has 6 nitrogen and oxygen atoms in total. The van der Waals surface area contributed by atoms with Crippen molar-refractivity contribution in [2.75, 3.05) is 32.9 Å². The average molecular weight is 414 g/mol. The smallest absolute Gasteiger partial charge is 0.207 e. The predicted octanol–water partition coefficient (Wildman–Crippen LogP) is 2.07. The summed E-state index contributed by atoms with van der Waals surface area (Å²) in [5, 5.41) is 12.5. The summed E-state index contributed by atoms with van der Waals surface area (Å²) in [6.45, 7) is 6.06. The lowest BCUT2D eigenvalue weighted by Gasteiger charge is -2.65.